The summed E-state index contributed by atoms with van der Waals surface area (Å²) in [4.78, 5) is 25.7. The molecule has 2 saturated heterocycles. The molecular formula is C22H28N8OS. The number of hydrogen-bond donors (Lipinski definition) is 1. The van der Waals surface area contributed by atoms with Crippen molar-refractivity contribution in [2.45, 2.75) is 6.54 Å². The summed E-state index contributed by atoms with van der Waals surface area (Å²) >= 11 is 0. The van der Waals surface area contributed by atoms with Crippen molar-refractivity contribution >= 4 is 39.4 Å². The van der Waals surface area contributed by atoms with Crippen LogP contribution in [0.5, 0.6) is 0 Å². The number of rotatable bonds is 5. The van der Waals surface area contributed by atoms with Gasteiger partial charge in [-0.25, -0.2) is 15.0 Å². The monoisotopic (exact) mass is 452 g/mol. The number of nitrogens with one attached hydrogen (secondary N) is 1. The molecule has 0 radical (unpaired) electrons. The largest absolute Gasteiger partial charge is 0.353 e. The van der Waals surface area contributed by atoms with Crippen molar-refractivity contribution in [3.63, 3.8) is 0 Å². The van der Waals surface area contributed by atoms with Gasteiger partial charge in [-0.05, 0) is 5.56 Å². The lowest BCUT2D eigenvalue weighted by Gasteiger charge is -2.31. The SMILES string of the molecule is CN(Cc1ccccc1)c1ncnc2c(N3CCS(=O)CC3)nc(N3CCNCC3)nc12. The molecule has 10 heteroatoms. The van der Waals surface area contributed by atoms with E-state index >= 15 is 0 Å². The maximum Gasteiger partial charge on any atom is 0.228 e. The minimum atomic E-state index is -0.757. The fourth-order valence-electron chi connectivity index (χ4n) is 4.20. The van der Waals surface area contributed by atoms with Crippen LogP contribution in [-0.2, 0) is 17.3 Å². The van der Waals surface area contributed by atoms with Gasteiger partial charge in [-0.2, -0.15) is 4.98 Å². The number of fused-ring (bicyclic) bond motifs is 1. The first-order chi connectivity index (χ1) is 15.7. The summed E-state index contributed by atoms with van der Waals surface area (Å²) in [6.07, 6.45) is 1.60. The lowest BCUT2D eigenvalue weighted by Crippen LogP contribution is -2.44. The summed E-state index contributed by atoms with van der Waals surface area (Å²) in [5.74, 6) is 3.63. The van der Waals surface area contributed by atoms with Crippen molar-refractivity contribution in [3.05, 3.63) is 42.2 Å². The van der Waals surface area contributed by atoms with Gasteiger partial charge in [0.2, 0.25) is 5.95 Å². The first kappa shape index (κ1) is 21.0. The Morgan fingerprint density at radius 2 is 1.72 bits per heavy atom. The second-order valence-electron chi connectivity index (χ2n) is 8.16. The highest BCUT2D eigenvalue weighted by Gasteiger charge is 2.25. The molecule has 0 saturated carbocycles. The second-order valence-corrected chi connectivity index (χ2v) is 9.85. The van der Waals surface area contributed by atoms with Crippen molar-refractivity contribution in [1.29, 1.82) is 0 Å². The Hall–Kier alpha value is -2.85. The van der Waals surface area contributed by atoms with E-state index in [1.165, 1.54) is 5.56 Å². The first-order valence-electron chi connectivity index (χ1n) is 11.0. The normalized spacial score (nSPS) is 17.7. The molecule has 2 aromatic heterocycles. The Kier molecular flexibility index (Phi) is 6.13. The molecule has 1 aromatic carbocycles. The van der Waals surface area contributed by atoms with Gasteiger partial charge in [-0.15, -0.1) is 0 Å². The van der Waals surface area contributed by atoms with Crippen LogP contribution in [0.25, 0.3) is 11.0 Å². The van der Waals surface area contributed by atoms with Gasteiger partial charge in [0.05, 0.1) is 0 Å². The van der Waals surface area contributed by atoms with Gasteiger partial charge in [-0.3, -0.25) is 4.21 Å². The molecular weight excluding hydrogens is 424 g/mol. The van der Waals surface area contributed by atoms with E-state index in [1.807, 2.05) is 25.2 Å². The topological polar surface area (TPSA) is 90.4 Å². The highest BCUT2D eigenvalue weighted by atomic mass is 32.2. The van der Waals surface area contributed by atoms with Gasteiger partial charge in [-0.1, -0.05) is 30.3 Å². The zero-order chi connectivity index (χ0) is 21.9. The number of benzene rings is 1. The van der Waals surface area contributed by atoms with Gasteiger partial charge in [0.1, 0.15) is 17.4 Å². The molecule has 5 rings (SSSR count). The van der Waals surface area contributed by atoms with Crippen molar-refractivity contribution < 1.29 is 4.21 Å². The van der Waals surface area contributed by atoms with Gasteiger partial charge >= 0.3 is 0 Å². The highest BCUT2D eigenvalue weighted by Crippen LogP contribution is 2.30. The maximum absolute atomic E-state index is 11.9. The van der Waals surface area contributed by atoms with E-state index in [0.717, 1.165) is 55.4 Å². The number of hydrogen-bond acceptors (Lipinski definition) is 9. The van der Waals surface area contributed by atoms with Crippen LogP contribution in [0.3, 0.4) is 0 Å². The Labute approximate surface area is 190 Å². The Morgan fingerprint density at radius 1 is 0.969 bits per heavy atom. The molecule has 2 aliphatic heterocycles. The number of piperazine rings is 1. The van der Waals surface area contributed by atoms with Crippen molar-refractivity contribution in [3.8, 4) is 0 Å². The van der Waals surface area contributed by atoms with Crippen LogP contribution >= 0.6 is 0 Å². The molecule has 0 amide bonds. The summed E-state index contributed by atoms with van der Waals surface area (Å²) in [7, 11) is 1.28. The zero-order valence-electron chi connectivity index (χ0n) is 18.3. The lowest BCUT2D eigenvalue weighted by molar-refractivity contribution is 0.580. The average Bonchev–Trinajstić information content (AvgIpc) is 2.84. The van der Waals surface area contributed by atoms with Crippen LogP contribution in [0.15, 0.2) is 36.7 Å². The van der Waals surface area contributed by atoms with Crippen LogP contribution in [0.1, 0.15) is 5.56 Å². The van der Waals surface area contributed by atoms with Crippen LogP contribution in [-0.4, -0.2) is 82.0 Å². The predicted molar refractivity (Wildman–Crippen MR) is 129 cm³/mol. The molecule has 2 fully saturated rings. The van der Waals surface area contributed by atoms with E-state index in [-0.39, 0.29) is 0 Å². The van der Waals surface area contributed by atoms with Crippen LogP contribution in [0.2, 0.25) is 0 Å². The summed E-state index contributed by atoms with van der Waals surface area (Å²) in [5, 5.41) is 3.39. The van der Waals surface area contributed by atoms with Gasteiger partial charge in [0.15, 0.2) is 11.6 Å². The van der Waals surface area contributed by atoms with E-state index in [4.69, 9.17) is 9.97 Å². The molecule has 9 nitrogen and oxygen atoms in total. The fraction of sp³-hybridized carbons (Fsp3) is 0.455. The molecule has 0 atom stereocenters. The Bertz CT molecular complexity index is 1100. The second kappa shape index (κ2) is 9.33. The van der Waals surface area contributed by atoms with Gasteiger partial charge in [0.25, 0.3) is 0 Å². The molecule has 1 N–H and O–H groups in total. The standard InChI is InChI=1S/C22H28N8OS/c1-28(15-17-5-3-2-4-6-17)20-19-18(24-16-25-20)21(29-11-13-32(31)14-12-29)27-22(26-19)30-9-7-23-8-10-30/h2-6,16,23H,7-15H2,1H3. The molecule has 32 heavy (non-hydrogen) atoms. The van der Waals surface area contributed by atoms with E-state index in [1.54, 1.807) is 6.33 Å². The fourth-order valence-corrected chi connectivity index (χ4v) is 5.25. The minimum Gasteiger partial charge on any atom is -0.353 e. The summed E-state index contributed by atoms with van der Waals surface area (Å²) < 4.78 is 11.9. The molecule has 168 valence electrons. The van der Waals surface area contributed by atoms with Gasteiger partial charge < -0.3 is 20.0 Å². The first-order valence-corrected chi connectivity index (χ1v) is 12.5. The summed E-state index contributed by atoms with van der Waals surface area (Å²) in [5.41, 5.74) is 2.72. The summed E-state index contributed by atoms with van der Waals surface area (Å²) in [6.45, 7) is 5.67. The molecule has 0 aliphatic carbocycles. The smallest absolute Gasteiger partial charge is 0.228 e. The third kappa shape index (κ3) is 4.37. The maximum atomic E-state index is 11.9. The van der Waals surface area contributed by atoms with Gasteiger partial charge in [0, 0.05) is 75.2 Å². The molecule has 2 aliphatic rings. The Balaban J connectivity index is 1.58. The van der Waals surface area contributed by atoms with Crippen LogP contribution in [0, 0.1) is 0 Å². The zero-order valence-corrected chi connectivity index (χ0v) is 19.1. The average molecular weight is 453 g/mol. The number of aromatic nitrogens is 4. The molecule has 0 bridgehead atoms. The van der Waals surface area contributed by atoms with E-state index in [9.17, 15) is 4.21 Å². The molecule has 3 aromatic rings. The third-order valence-corrected chi connectivity index (χ3v) is 7.21. The molecule has 0 spiro atoms. The van der Waals surface area contributed by atoms with E-state index < -0.39 is 10.8 Å². The van der Waals surface area contributed by atoms with Crippen LogP contribution in [0.4, 0.5) is 17.6 Å². The third-order valence-electron chi connectivity index (χ3n) is 5.93. The van der Waals surface area contributed by atoms with Crippen molar-refractivity contribution in [2.75, 3.05) is 72.5 Å². The van der Waals surface area contributed by atoms with E-state index in [0.29, 0.717) is 30.5 Å². The molecule has 4 heterocycles. The quantitative estimate of drug-likeness (QED) is 0.610. The minimum absolute atomic E-state index is 0.653. The predicted octanol–water partition coefficient (Wildman–Crippen LogP) is 1.03. The van der Waals surface area contributed by atoms with E-state index in [2.05, 4.69) is 42.1 Å². The summed E-state index contributed by atoms with van der Waals surface area (Å²) in [6, 6.07) is 10.3. The van der Waals surface area contributed by atoms with Crippen LogP contribution < -0.4 is 20.0 Å². The highest BCUT2D eigenvalue weighted by molar-refractivity contribution is 7.85. The van der Waals surface area contributed by atoms with Crippen molar-refractivity contribution in [1.82, 2.24) is 25.3 Å². The molecule has 0 unspecified atom stereocenters. The number of anilines is 3. The Morgan fingerprint density at radius 3 is 2.47 bits per heavy atom. The lowest BCUT2D eigenvalue weighted by atomic mass is 10.2. The van der Waals surface area contributed by atoms with Crippen molar-refractivity contribution in [2.24, 2.45) is 0 Å². The number of nitrogens with zero attached hydrogens (tertiary/aromatic N) is 7.